The minimum Gasteiger partial charge on any atom is -0.423 e. The average Bonchev–Trinajstić information content (AvgIpc) is 2.61. The Morgan fingerprint density at radius 2 is 1.93 bits per heavy atom. The van der Waals surface area contributed by atoms with Crippen molar-refractivity contribution >= 4 is 6.01 Å². The van der Waals surface area contributed by atoms with E-state index >= 15 is 0 Å². The molecule has 0 aliphatic rings. The third kappa shape index (κ3) is 1.48. The molecule has 0 unspecified atom stereocenters. The van der Waals surface area contributed by atoms with Crippen molar-refractivity contribution in [3.63, 3.8) is 0 Å². The fraction of sp³-hybridized carbons (Fsp3) is 0.182. The summed E-state index contributed by atoms with van der Waals surface area (Å²) in [5.74, 6) is 0.829. The summed E-state index contributed by atoms with van der Waals surface area (Å²) in [4.78, 5) is 4.23. The quantitative estimate of drug-likeness (QED) is 0.787. The number of hydrogen-bond donors (Lipinski definition) is 1. The number of aryl methyl sites for hydroxylation is 1. The summed E-state index contributed by atoms with van der Waals surface area (Å²) in [7, 11) is 1.79. The van der Waals surface area contributed by atoms with Crippen molar-refractivity contribution in [3.05, 3.63) is 36.0 Å². The number of aromatic nitrogens is 1. The van der Waals surface area contributed by atoms with Crippen LogP contribution in [0.3, 0.4) is 0 Å². The summed E-state index contributed by atoms with van der Waals surface area (Å²) in [5, 5.41) is 2.88. The predicted octanol–water partition coefficient (Wildman–Crippen LogP) is 2.69. The Morgan fingerprint density at radius 3 is 2.50 bits per heavy atom. The van der Waals surface area contributed by atoms with E-state index in [1.807, 2.05) is 37.3 Å². The Hall–Kier alpha value is -1.77. The molecule has 72 valence electrons. The van der Waals surface area contributed by atoms with E-state index in [0.717, 1.165) is 17.0 Å². The number of rotatable bonds is 2. The van der Waals surface area contributed by atoms with Gasteiger partial charge in [0, 0.05) is 12.6 Å². The molecule has 0 saturated carbocycles. The van der Waals surface area contributed by atoms with E-state index in [2.05, 4.69) is 10.3 Å². The molecule has 0 aliphatic heterocycles. The fourth-order valence-corrected chi connectivity index (χ4v) is 1.36. The zero-order valence-electron chi connectivity index (χ0n) is 8.24. The maximum Gasteiger partial charge on any atom is 0.295 e. The van der Waals surface area contributed by atoms with Crippen LogP contribution in [0.25, 0.3) is 11.3 Å². The van der Waals surface area contributed by atoms with Gasteiger partial charge in [0.25, 0.3) is 6.01 Å². The molecule has 0 amide bonds. The van der Waals surface area contributed by atoms with Crippen LogP contribution in [0, 0.1) is 6.92 Å². The molecule has 0 aliphatic carbocycles. The lowest BCUT2D eigenvalue weighted by Gasteiger charge is -1.95. The van der Waals surface area contributed by atoms with Crippen molar-refractivity contribution in [1.29, 1.82) is 0 Å². The van der Waals surface area contributed by atoms with Crippen LogP contribution in [-0.2, 0) is 0 Å². The van der Waals surface area contributed by atoms with Gasteiger partial charge in [0.15, 0.2) is 5.76 Å². The normalized spacial score (nSPS) is 10.1. The lowest BCUT2D eigenvalue weighted by molar-refractivity contribution is 0.589. The number of anilines is 1. The molecule has 0 radical (unpaired) electrons. The molecule has 0 spiro atoms. The molecule has 0 saturated heterocycles. The van der Waals surface area contributed by atoms with E-state index in [-0.39, 0.29) is 0 Å². The van der Waals surface area contributed by atoms with Crippen LogP contribution < -0.4 is 5.32 Å². The molecule has 1 aromatic carbocycles. The molecule has 1 heterocycles. The second kappa shape index (κ2) is 3.54. The topological polar surface area (TPSA) is 38.1 Å². The molecule has 14 heavy (non-hydrogen) atoms. The van der Waals surface area contributed by atoms with E-state index in [1.54, 1.807) is 7.05 Å². The Bertz CT molecular complexity index is 420. The van der Waals surface area contributed by atoms with E-state index in [9.17, 15) is 0 Å². The number of nitrogens with zero attached hydrogens (tertiary/aromatic N) is 1. The zero-order chi connectivity index (χ0) is 9.97. The van der Waals surface area contributed by atoms with Crippen LogP contribution in [0.15, 0.2) is 34.7 Å². The third-order valence-electron chi connectivity index (χ3n) is 2.05. The number of benzene rings is 1. The van der Waals surface area contributed by atoms with Crippen molar-refractivity contribution in [2.75, 3.05) is 12.4 Å². The highest BCUT2D eigenvalue weighted by molar-refractivity contribution is 5.60. The summed E-state index contributed by atoms with van der Waals surface area (Å²) < 4.78 is 5.53. The van der Waals surface area contributed by atoms with E-state index < -0.39 is 0 Å². The monoisotopic (exact) mass is 188 g/mol. The van der Waals surface area contributed by atoms with Gasteiger partial charge in [0.1, 0.15) is 0 Å². The first-order valence-corrected chi connectivity index (χ1v) is 4.52. The van der Waals surface area contributed by atoms with Gasteiger partial charge in [-0.1, -0.05) is 30.3 Å². The van der Waals surface area contributed by atoms with Gasteiger partial charge in [-0.05, 0) is 6.92 Å². The maximum atomic E-state index is 5.53. The Labute approximate surface area is 82.8 Å². The van der Waals surface area contributed by atoms with Crippen LogP contribution in [0.4, 0.5) is 6.01 Å². The summed E-state index contributed by atoms with van der Waals surface area (Å²) in [6, 6.07) is 10.5. The molecule has 0 fully saturated rings. The first kappa shape index (κ1) is 8.81. The molecule has 2 aromatic rings. The highest BCUT2D eigenvalue weighted by atomic mass is 16.4. The van der Waals surface area contributed by atoms with Gasteiger partial charge in [-0.25, -0.2) is 0 Å². The van der Waals surface area contributed by atoms with Gasteiger partial charge in [-0.3, -0.25) is 0 Å². The highest BCUT2D eigenvalue weighted by Crippen LogP contribution is 2.25. The third-order valence-corrected chi connectivity index (χ3v) is 2.05. The molecule has 3 nitrogen and oxygen atoms in total. The van der Waals surface area contributed by atoms with E-state index in [0.29, 0.717) is 6.01 Å². The van der Waals surface area contributed by atoms with Crippen LogP contribution >= 0.6 is 0 Å². The standard InChI is InChI=1S/C11H12N2O/c1-8-10(14-11(12-2)13-8)9-6-4-3-5-7-9/h3-7H,1-2H3,(H,12,13). The van der Waals surface area contributed by atoms with Gasteiger partial charge < -0.3 is 9.73 Å². The molecule has 1 N–H and O–H groups in total. The lowest BCUT2D eigenvalue weighted by atomic mass is 10.1. The molecular formula is C11H12N2O. The summed E-state index contributed by atoms with van der Waals surface area (Å²) in [6.07, 6.45) is 0. The summed E-state index contributed by atoms with van der Waals surface area (Å²) in [5.41, 5.74) is 1.96. The van der Waals surface area contributed by atoms with Crippen molar-refractivity contribution < 1.29 is 4.42 Å². The Morgan fingerprint density at radius 1 is 1.21 bits per heavy atom. The van der Waals surface area contributed by atoms with Gasteiger partial charge in [0.2, 0.25) is 0 Å². The molecule has 0 atom stereocenters. The zero-order valence-corrected chi connectivity index (χ0v) is 8.24. The van der Waals surface area contributed by atoms with Crippen LogP contribution in [0.5, 0.6) is 0 Å². The SMILES string of the molecule is CNc1nc(C)c(-c2ccccc2)o1. The largest absolute Gasteiger partial charge is 0.423 e. The highest BCUT2D eigenvalue weighted by Gasteiger charge is 2.09. The van der Waals surface area contributed by atoms with E-state index in [4.69, 9.17) is 4.42 Å². The van der Waals surface area contributed by atoms with Gasteiger partial charge in [0.05, 0.1) is 5.69 Å². The van der Waals surface area contributed by atoms with Gasteiger partial charge in [-0.2, -0.15) is 4.98 Å². The second-order valence-electron chi connectivity index (χ2n) is 3.05. The number of nitrogens with one attached hydrogen (secondary N) is 1. The number of oxazole rings is 1. The molecular weight excluding hydrogens is 176 g/mol. The van der Waals surface area contributed by atoms with Gasteiger partial charge >= 0.3 is 0 Å². The Balaban J connectivity index is 2.46. The molecule has 1 aromatic heterocycles. The first-order valence-electron chi connectivity index (χ1n) is 4.52. The Kier molecular flexibility index (Phi) is 2.23. The molecule has 3 heteroatoms. The van der Waals surface area contributed by atoms with Crippen LogP contribution in [-0.4, -0.2) is 12.0 Å². The smallest absolute Gasteiger partial charge is 0.295 e. The second-order valence-corrected chi connectivity index (χ2v) is 3.05. The predicted molar refractivity (Wildman–Crippen MR) is 56.2 cm³/mol. The van der Waals surface area contributed by atoms with E-state index in [1.165, 1.54) is 0 Å². The maximum absolute atomic E-state index is 5.53. The lowest BCUT2D eigenvalue weighted by Crippen LogP contribution is -1.85. The van der Waals surface area contributed by atoms with Gasteiger partial charge in [-0.15, -0.1) is 0 Å². The van der Waals surface area contributed by atoms with Crippen molar-refractivity contribution in [2.45, 2.75) is 6.92 Å². The minimum atomic E-state index is 0.557. The van der Waals surface area contributed by atoms with Crippen LogP contribution in [0.2, 0.25) is 0 Å². The fourth-order valence-electron chi connectivity index (χ4n) is 1.36. The first-order chi connectivity index (χ1) is 6.81. The summed E-state index contributed by atoms with van der Waals surface area (Å²) in [6.45, 7) is 1.94. The van der Waals surface area contributed by atoms with Crippen molar-refractivity contribution in [1.82, 2.24) is 4.98 Å². The van der Waals surface area contributed by atoms with Crippen LogP contribution in [0.1, 0.15) is 5.69 Å². The molecule has 0 bridgehead atoms. The molecule has 2 rings (SSSR count). The summed E-state index contributed by atoms with van der Waals surface area (Å²) >= 11 is 0. The number of hydrogen-bond acceptors (Lipinski definition) is 3. The van der Waals surface area contributed by atoms with Crippen molar-refractivity contribution in [3.8, 4) is 11.3 Å². The van der Waals surface area contributed by atoms with Crippen molar-refractivity contribution in [2.24, 2.45) is 0 Å². The minimum absolute atomic E-state index is 0.557. The average molecular weight is 188 g/mol.